The molecular weight excluding hydrogens is 212 g/mol. The fourth-order valence-electron chi connectivity index (χ4n) is 1.92. The molecule has 1 aromatic rings. The molecule has 1 atom stereocenters. The van der Waals surface area contributed by atoms with Gasteiger partial charge in [-0.1, -0.05) is 39.0 Å². The van der Waals surface area contributed by atoms with Crippen LogP contribution in [-0.4, -0.2) is 18.5 Å². The van der Waals surface area contributed by atoms with Gasteiger partial charge < -0.3 is 0 Å². The van der Waals surface area contributed by atoms with Crippen LogP contribution in [0.5, 0.6) is 0 Å². The van der Waals surface area contributed by atoms with Crippen LogP contribution in [0.4, 0.5) is 5.69 Å². The number of Topliss-reactive ketones (excluding diaryl/α,β-unsaturated/α-hetero) is 1. The number of nitrogens with zero attached hydrogens (tertiary/aromatic N) is 2. The average Bonchev–Trinajstić information content (AvgIpc) is 2.77. The summed E-state index contributed by atoms with van der Waals surface area (Å²) in [6.07, 6.45) is 1.76. The minimum absolute atomic E-state index is 0.0878. The van der Waals surface area contributed by atoms with Crippen LogP contribution in [0.25, 0.3) is 0 Å². The number of para-hydroxylation sites is 1. The van der Waals surface area contributed by atoms with Gasteiger partial charge in [-0.05, 0) is 12.1 Å². The van der Waals surface area contributed by atoms with Crippen LogP contribution in [0.1, 0.15) is 20.8 Å². The zero-order chi connectivity index (χ0) is 12.5. The van der Waals surface area contributed by atoms with E-state index in [1.807, 2.05) is 56.1 Å². The van der Waals surface area contributed by atoms with Crippen LogP contribution < -0.4 is 5.01 Å². The van der Waals surface area contributed by atoms with Crippen molar-refractivity contribution in [3.8, 4) is 0 Å². The summed E-state index contributed by atoms with van der Waals surface area (Å²) in [5, 5.41) is 6.19. The molecule has 3 heteroatoms. The van der Waals surface area contributed by atoms with Gasteiger partial charge in [0.1, 0.15) is 5.78 Å². The molecule has 0 saturated heterocycles. The third kappa shape index (κ3) is 2.54. The van der Waals surface area contributed by atoms with Crippen molar-refractivity contribution in [1.29, 1.82) is 0 Å². The van der Waals surface area contributed by atoms with Gasteiger partial charge in [-0.3, -0.25) is 9.80 Å². The first kappa shape index (κ1) is 11.8. The lowest BCUT2D eigenvalue weighted by molar-refractivity contribution is -0.127. The molecular formula is C14H18N2O. The quantitative estimate of drug-likeness (QED) is 0.782. The molecule has 0 aromatic heterocycles. The van der Waals surface area contributed by atoms with Crippen molar-refractivity contribution in [2.45, 2.75) is 20.8 Å². The second kappa shape index (κ2) is 4.32. The Bertz CT molecular complexity index is 431. The number of benzene rings is 1. The fraction of sp³-hybridized carbons (Fsp3) is 0.429. The first-order valence-corrected chi connectivity index (χ1v) is 5.89. The van der Waals surface area contributed by atoms with Gasteiger partial charge in [-0.2, -0.15) is 5.10 Å². The molecule has 0 radical (unpaired) electrons. The number of ketones is 1. The zero-order valence-corrected chi connectivity index (χ0v) is 10.6. The van der Waals surface area contributed by atoms with Gasteiger partial charge >= 0.3 is 0 Å². The van der Waals surface area contributed by atoms with Crippen LogP contribution in [0.2, 0.25) is 0 Å². The first-order valence-electron chi connectivity index (χ1n) is 5.89. The van der Waals surface area contributed by atoms with E-state index in [-0.39, 0.29) is 17.1 Å². The molecule has 0 fully saturated rings. The number of anilines is 1. The highest BCUT2D eigenvalue weighted by Crippen LogP contribution is 2.25. The van der Waals surface area contributed by atoms with Gasteiger partial charge in [0.05, 0.1) is 18.2 Å². The molecule has 1 aromatic carbocycles. The normalized spacial score (nSPS) is 19.7. The van der Waals surface area contributed by atoms with Gasteiger partial charge in [-0.25, -0.2) is 0 Å². The molecule has 1 unspecified atom stereocenters. The molecule has 0 bridgehead atoms. The lowest BCUT2D eigenvalue weighted by atomic mass is 9.83. The summed E-state index contributed by atoms with van der Waals surface area (Å²) in [5.74, 6) is 0.162. The summed E-state index contributed by atoms with van der Waals surface area (Å²) < 4.78 is 0. The van der Waals surface area contributed by atoms with Crippen LogP contribution in [0, 0.1) is 11.3 Å². The Labute approximate surface area is 102 Å². The van der Waals surface area contributed by atoms with Gasteiger partial charge in [0.25, 0.3) is 0 Å². The molecule has 0 aliphatic carbocycles. The summed E-state index contributed by atoms with van der Waals surface area (Å²) in [5.41, 5.74) is 0.733. The van der Waals surface area contributed by atoms with Crippen molar-refractivity contribution in [3.05, 3.63) is 30.3 Å². The highest BCUT2D eigenvalue weighted by molar-refractivity contribution is 5.99. The molecule has 0 saturated carbocycles. The van der Waals surface area contributed by atoms with Crippen LogP contribution in [-0.2, 0) is 4.79 Å². The van der Waals surface area contributed by atoms with Crippen LogP contribution in [0.15, 0.2) is 35.4 Å². The predicted octanol–water partition coefficient (Wildman–Crippen LogP) is 2.72. The monoisotopic (exact) mass is 230 g/mol. The maximum Gasteiger partial charge on any atom is 0.148 e. The molecule has 17 heavy (non-hydrogen) atoms. The second-order valence-corrected chi connectivity index (χ2v) is 5.40. The van der Waals surface area contributed by atoms with Gasteiger partial charge in [0.2, 0.25) is 0 Å². The standard InChI is InChI=1S/C14H18N2O/c1-14(2,3)13(17)11-9-15-16(10-11)12-7-5-4-6-8-12/h4-9,11H,10H2,1-3H3. The second-order valence-electron chi connectivity index (χ2n) is 5.40. The minimum atomic E-state index is -0.302. The van der Waals surface area contributed by atoms with Gasteiger partial charge in [-0.15, -0.1) is 0 Å². The lowest BCUT2D eigenvalue weighted by Crippen LogP contribution is -2.32. The molecule has 0 amide bonds. The molecule has 0 spiro atoms. The average molecular weight is 230 g/mol. The van der Waals surface area contributed by atoms with Crippen LogP contribution in [0.3, 0.4) is 0 Å². The van der Waals surface area contributed by atoms with Gasteiger partial charge in [0, 0.05) is 11.6 Å². The number of hydrazone groups is 1. The Morgan fingerprint density at radius 3 is 2.53 bits per heavy atom. The summed E-state index contributed by atoms with van der Waals surface area (Å²) in [6.45, 7) is 6.51. The predicted molar refractivity (Wildman–Crippen MR) is 70.2 cm³/mol. The minimum Gasteiger partial charge on any atom is -0.298 e. The summed E-state index contributed by atoms with van der Waals surface area (Å²) in [4.78, 5) is 12.1. The van der Waals surface area contributed by atoms with Crippen molar-refractivity contribution >= 4 is 17.7 Å². The van der Waals surface area contributed by atoms with Gasteiger partial charge in [0.15, 0.2) is 0 Å². The van der Waals surface area contributed by atoms with Crippen molar-refractivity contribution in [3.63, 3.8) is 0 Å². The van der Waals surface area contributed by atoms with Crippen molar-refractivity contribution in [2.24, 2.45) is 16.4 Å². The first-order chi connectivity index (χ1) is 7.98. The fourth-order valence-corrected chi connectivity index (χ4v) is 1.92. The van der Waals surface area contributed by atoms with E-state index in [0.717, 1.165) is 5.69 Å². The van der Waals surface area contributed by atoms with E-state index in [2.05, 4.69) is 5.10 Å². The molecule has 2 rings (SSSR count). The van der Waals surface area contributed by atoms with Crippen molar-refractivity contribution in [1.82, 2.24) is 0 Å². The third-order valence-corrected chi connectivity index (χ3v) is 2.89. The molecule has 1 aliphatic heterocycles. The highest BCUT2D eigenvalue weighted by Gasteiger charge is 2.32. The largest absolute Gasteiger partial charge is 0.298 e. The van der Waals surface area contributed by atoms with Crippen molar-refractivity contribution in [2.75, 3.05) is 11.6 Å². The maximum atomic E-state index is 12.1. The third-order valence-electron chi connectivity index (χ3n) is 2.89. The van der Waals surface area contributed by atoms with Crippen LogP contribution >= 0.6 is 0 Å². The smallest absolute Gasteiger partial charge is 0.148 e. The van der Waals surface area contributed by atoms with E-state index < -0.39 is 0 Å². The summed E-state index contributed by atoms with van der Waals surface area (Å²) in [6, 6.07) is 9.93. The Morgan fingerprint density at radius 1 is 1.29 bits per heavy atom. The molecule has 1 heterocycles. The Hall–Kier alpha value is -1.64. The SMILES string of the molecule is CC(C)(C)C(=O)C1C=NN(c2ccccc2)C1. The number of rotatable bonds is 2. The number of hydrogen-bond donors (Lipinski definition) is 0. The Morgan fingerprint density at radius 2 is 1.94 bits per heavy atom. The summed E-state index contributed by atoms with van der Waals surface area (Å²) >= 11 is 0. The summed E-state index contributed by atoms with van der Waals surface area (Å²) in [7, 11) is 0. The van der Waals surface area contributed by atoms with E-state index in [1.165, 1.54) is 0 Å². The molecule has 3 nitrogen and oxygen atoms in total. The molecule has 0 N–H and O–H groups in total. The Kier molecular flexibility index (Phi) is 3.01. The molecule has 1 aliphatic rings. The number of carbonyl (C=O) groups excluding carboxylic acids is 1. The van der Waals surface area contributed by atoms with E-state index in [0.29, 0.717) is 6.54 Å². The zero-order valence-electron chi connectivity index (χ0n) is 10.6. The Balaban J connectivity index is 2.07. The molecule has 90 valence electrons. The number of carbonyl (C=O) groups is 1. The topological polar surface area (TPSA) is 32.7 Å². The van der Waals surface area contributed by atoms with E-state index in [9.17, 15) is 4.79 Å². The highest BCUT2D eigenvalue weighted by atomic mass is 16.1. The van der Waals surface area contributed by atoms with E-state index in [4.69, 9.17) is 0 Å². The van der Waals surface area contributed by atoms with E-state index in [1.54, 1.807) is 6.21 Å². The lowest BCUT2D eigenvalue weighted by Gasteiger charge is -2.21. The maximum absolute atomic E-state index is 12.1. The number of hydrogen-bond acceptors (Lipinski definition) is 3. The van der Waals surface area contributed by atoms with Crippen molar-refractivity contribution < 1.29 is 4.79 Å². The van der Waals surface area contributed by atoms with E-state index >= 15 is 0 Å².